The number of alkyl halides is 3. The van der Waals surface area contributed by atoms with Gasteiger partial charge in [-0.15, -0.1) is 11.3 Å². The summed E-state index contributed by atoms with van der Waals surface area (Å²) in [5.74, 6) is -0.349. The summed E-state index contributed by atoms with van der Waals surface area (Å²) in [4.78, 5) is 18.1. The van der Waals surface area contributed by atoms with Crippen molar-refractivity contribution < 1.29 is 27.4 Å². The molecule has 2 fully saturated rings. The second-order valence-corrected chi connectivity index (χ2v) is 9.29. The second-order valence-electron chi connectivity index (χ2n) is 8.26. The first-order chi connectivity index (χ1) is 15.9. The van der Waals surface area contributed by atoms with E-state index in [-0.39, 0.29) is 24.2 Å². The topological polar surface area (TPSA) is 54.0 Å². The van der Waals surface area contributed by atoms with Crippen LogP contribution in [-0.4, -0.2) is 62.9 Å². The van der Waals surface area contributed by atoms with Crippen LogP contribution in [0.15, 0.2) is 35.7 Å². The summed E-state index contributed by atoms with van der Waals surface area (Å²) in [6, 6.07) is 7.48. The Hall–Kier alpha value is -2.14. The Kier molecular flexibility index (Phi) is 7.90. The van der Waals surface area contributed by atoms with E-state index >= 15 is 0 Å². The van der Waals surface area contributed by atoms with Gasteiger partial charge in [0.2, 0.25) is 5.91 Å². The van der Waals surface area contributed by atoms with Gasteiger partial charge in [-0.3, -0.25) is 9.69 Å². The number of nitrogens with one attached hydrogen (secondary N) is 1. The lowest BCUT2D eigenvalue weighted by Gasteiger charge is -2.31. The van der Waals surface area contributed by atoms with Crippen LogP contribution in [0.4, 0.5) is 24.5 Å². The van der Waals surface area contributed by atoms with E-state index < -0.39 is 11.7 Å². The van der Waals surface area contributed by atoms with Gasteiger partial charge in [0.05, 0.1) is 42.8 Å². The van der Waals surface area contributed by atoms with Gasteiger partial charge in [-0.2, -0.15) is 13.2 Å². The quantitative estimate of drug-likeness (QED) is 0.609. The van der Waals surface area contributed by atoms with Crippen molar-refractivity contribution in [1.29, 1.82) is 0 Å². The zero-order valence-corrected chi connectivity index (χ0v) is 19.1. The average Bonchev–Trinajstić information content (AvgIpc) is 3.48. The predicted molar refractivity (Wildman–Crippen MR) is 122 cm³/mol. The van der Waals surface area contributed by atoms with Crippen LogP contribution in [-0.2, 0) is 27.0 Å². The monoisotopic (exact) mass is 483 g/mol. The van der Waals surface area contributed by atoms with Crippen LogP contribution in [0.25, 0.3) is 0 Å². The Morgan fingerprint density at radius 1 is 1.21 bits per heavy atom. The van der Waals surface area contributed by atoms with Gasteiger partial charge in [-0.25, -0.2) is 0 Å². The lowest BCUT2D eigenvalue weighted by atomic mass is 10.1. The number of hydrogen-bond acceptors (Lipinski definition) is 6. The first-order valence-electron chi connectivity index (χ1n) is 11.1. The number of carbonyl (C=O) groups is 1. The third kappa shape index (κ3) is 6.69. The van der Waals surface area contributed by atoms with Crippen molar-refractivity contribution >= 4 is 28.6 Å². The van der Waals surface area contributed by atoms with E-state index in [9.17, 15) is 18.0 Å². The number of nitrogens with zero attached hydrogens (tertiary/aromatic N) is 2. The van der Waals surface area contributed by atoms with Crippen LogP contribution in [0, 0.1) is 0 Å². The van der Waals surface area contributed by atoms with Gasteiger partial charge in [0, 0.05) is 37.7 Å². The molecule has 4 rings (SSSR count). The molecule has 0 radical (unpaired) electrons. The number of ether oxygens (including phenoxy) is 2. The molecule has 2 aromatic rings. The van der Waals surface area contributed by atoms with Gasteiger partial charge in [0.15, 0.2) is 0 Å². The first kappa shape index (κ1) is 24.0. The fraction of sp³-hybridized carbons (Fsp3) is 0.522. The van der Waals surface area contributed by atoms with Crippen LogP contribution in [0.1, 0.15) is 23.3 Å². The van der Waals surface area contributed by atoms with E-state index in [1.54, 1.807) is 11.3 Å². The predicted octanol–water partition coefficient (Wildman–Crippen LogP) is 4.22. The lowest BCUT2D eigenvalue weighted by Crippen LogP contribution is -2.39. The van der Waals surface area contributed by atoms with Crippen molar-refractivity contribution in [3.8, 4) is 0 Å². The zero-order valence-electron chi connectivity index (χ0n) is 18.3. The summed E-state index contributed by atoms with van der Waals surface area (Å²) in [6.45, 7) is 4.06. The standard InChI is InChI=1S/C23H28F3N3O3S/c24-23(25,26)17-5-6-21(29-7-10-31-11-8-29)20(13-17)27-22(30)16-28(14-18-3-1-9-32-18)15-19-4-2-12-33-19/h2,4-6,12-13,18H,1,3,7-11,14-16H2,(H,27,30)/t18-/m0/s1. The number of rotatable bonds is 8. The summed E-state index contributed by atoms with van der Waals surface area (Å²) in [6.07, 6.45) is -2.49. The van der Waals surface area contributed by atoms with Crippen LogP contribution in [0.3, 0.4) is 0 Å². The molecule has 180 valence electrons. The van der Waals surface area contributed by atoms with Gasteiger partial charge >= 0.3 is 6.18 Å². The molecule has 33 heavy (non-hydrogen) atoms. The maximum atomic E-state index is 13.4. The van der Waals surface area contributed by atoms with Crippen molar-refractivity contribution in [2.75, 3.05) is 56.2 Å². The molecule has 0 spiro atoms. The highest BCUT2D eigenvalue weighted by Gasteiger charge is 2.32. The summed E-state index contributed by atoms with van der Waals surface area (Å²) in [7, 11) is 0. The molecule has 0 saturated carbocycles. The Bertz CT molecular complexity index is 911. The smallest absolute Gasteiger partial charge is 0.378 e. The molecule has 0 bridgehead atoms. The number of morpholine rings is 1. The molecule has 1 N–H and O–H groups in total. The van der Waals surface area contributed by atoms with Crippen LogP contribution in [0.5, 0.6) is 0 Å². The molecule has 1 atom stereocenters. The molecule has 10 heteroatoms. The molecule has 0 unspecified atom stereocenters. The first-order valence-corrected chi connectivity index (χ1v) is 12.0. The van der Waals surface area contributed by atoms with E-state index in [0.717, 1.165) is 36.5 Å². The summed E-state index contributed by atoms with van der Waals surface area (Å²) >= 11 is 1.61. The normalized spacial score (nSPS) is 19.3. The lowest BCUT2D eigenvalue weighted by molar-refractivity contribution is -0.137. The molecule has 1 aromatic heterocycles. The maximum Gasteiger partial charge on any atom is 0.416 e. The van der Waals surface area contributed by atoms with E-state index in [2.05, 4.69) is 5.32 Å². The van der Waals surface area contributed by atoms with Gasteiger partial charge in [0.1, 0.15) is 0 Å². The average molecular weight is 484 g/mol. The number of anilines is 2. The number of carbonyl (C=O) groups excluding carboxylic acids is 1. The molecule has 1 amide bonds. The van der Waals surface area contributed by atoms with E-state index in [4.69, 9.17) is 9.47 Å². The molecule has 1 aromatic carbocycles. The zero-order chi connectivity index (χ0) is 23.3. The SMILES string of the molecule is O=C(CN(Cc1cccs1)C[C@@H]1CCCO1)Nc1cc(C(F)(F)F)ccc1N1CCOCC1. The minimum atomic E-state index is -4.49. The molecule has 2 saturated heterocycles. The Labute approximate surface area is 195 Å². The second kappa shape index (κ2) is 10.9. The summed E-state index contributed by atoms with van der Waals surface area (Å²) < 4.78 is 51.2. The highest BCUT2D eigenvalue weighted by molar-refractivity contribution is 7.09. The Morgan fingerprint density at radius 2 is 2.03 bits per heavy atom. The maximum absolute atomic E-state index is 13.4. The Morgan fingerprint density at radius 3 is 2.70 bits per heavy atom. The number of halogens is 3. The third-order valence-electron chi connectivity index (χ3n) is 5.76. The van der Waals surface area contributed by atoms with Gasteiger partial charge in [0.25, 0.3) is 0 Å². The number of hydrogen-bond donors (Lipinski definition) is 1. The van der Waals surface area contributed by atoms with Gasteiger partial charge in [-0.1, -0.05) is 6.07 Å². The van der Waals surface area contributed by atoms with Crippen molar-refractivity contribution in [3.05, 3.63) is 46.2 Å². The molecular formula is C23H28F3N3O3S. The summed E-state index contributed by atoms with van der Waals surface area (Å²) in [5.41, 5.74) is -0.0434. The molecular weight excluding hydrogens is 455 g/mol. The molecule has 6 nitrogen and oxygen atoms in total. The third-order valence-corrected chi connectivity index (χ3v) is 6.62. The van der Waals surface area contributed by atoms with E-state index in [1.165, 1.54) is 6.07 Å². The fourth-order valence-corrected chi connectivity index (χ4v) is 4.92. The molecule has 2 aliphatic rings. The fourth-order valence-electron chi connectivity index (χ4n) is 4.17. The van der Waals surface area contributed by atoms with Crippen LogP contribution < -0.4 is 10.2 Å². The van der Waals surface area contributed by atoms with Gasteiger partial charge < -0.3 is 19.7 Å². The summed E-state index contributed by atoms with van der Waals surface area (Å²) in [5, 5.41) is 4.74. The highest BCUT2D eigenvalue weighted by Crippen LogP contribution is 2.35. The number of benzene rings is 1. The van der Waals surface area contributed by atoms with Crippen LogP contribution >= 0.6 is 11.3 Å². The van der Waals surface area contributed by atoms with Gasteiger partial charge in [-0.05, 0) is 42.5 Å². The van der Waals surface area contributed by atoms with Crippen molar-refractivity contribution in [2.24, 2.45) is 0 Å². The molecule has 0 aliphatic carbocycles. The van der Waals surface area contributed by atoms with E-state index in [0.29, 0.717) is 45.1 Å². The molecule has 3 heterocycles. The van der Waals surface area contributed by atoms with Crippen LogP contribution in [0.2, 0.25) is 0 Å². The van der Waals surface area contributed by atoms with Crippen molar-refractivity contribution in [2.45, 2.75) is 31.7 Å². The minimum Gasteiger partial charge on any atom is -0.378 e. The Balaban J connectivity index is 1.50. The highest BCUT2D eigenvalue weighted by atomic mass is 32.1. The number of amides is 1. The molecule has 2 aliphatic heterocycles. The van der Waals surface area contributed by atoms with Crippen molar-refractivity contribution in [1.82, 2.24) is 4.90 Å². The van der Waals surface area contributed by atoms with E-state index in [1.807, 2.05) is 27.3 Å². The van der Waals surface area contributed by atoms with Crippen molar-refractivity contribution in [3.63, 3.8) is 0 Å². The largest absolute Gasteiger partial charge is 0.416 e. The number of thiophene rings is 1. The minimum absolute atomic E-state index is 0.0650.